The van der Waals surface area contributed by atoms with Crippen molar-refractivity contribution < 1.29 is 14.7 Å². The van der Waals surface area contributed by atoms with Gasteiger partial charge in [-0.25, -0.2) is 4.79 Å². The van der Waals surface area contributed by atoms with Crippen LogP contribution >= 0.6 is 0 Å². The van der Waals surface area contributed by atoms with Gasteiger partial charge < -0.3 is 10.4 Å². The second-order valence-corrected chi connectivity index (χ2v) is 3.80. The molecule has 0 aliphatic heterocycles. The van der Waals surface area contributed by atoms with Crippen molar-refractivity contribution in [3.63, 3.8) is 0 Å². The summed E-state index contributed by atoms with van der Waals surface area (Å²) in [6.07, 6.45) is 0. The molecule has 1 amide bonds. The molecule has 0 aliphatic carbocycles. The minimum Gasteiger partial charge on any atom is -0.478 e. The standard InChI is InChI=1S/C12H15NO3/c1-7-6-10(8(2)13-9(3)14)4-5-11(7)12(15)16/h4-6,8H,1-3H3,(H,13,14)(H,15,16)/t8-/m1/s1. The predicted octanol–water partition coefficient (Wildman–Crippen LogP) is 1.89. The van der Waals surface area contributed by atoms with Gasteiger partial charge in [0.25, 0.3) is 0 Å². The fraction of sp³-hybridized carbons (Fsp3) is 0.333. The Balaban J connectivity index is 2.96. The van der Waals surface area contributed by atoms with E-state index in [-0.39, 0.29) is 11.9 Å². The summed E-state index contributed by atoms with van der Waals surface area (Å²) in [7, 11) is 0. The van der Waals surface area contributed by atoms with E-state index in [4.69, 9.17) is 5.11 Å². The Morgan fingerprint density at radius 2 is 2.00 bits per heavy atom. The molecule has 0 heterocycles. The number of hydrogen-bond acceptors (Lipinski definition) is 2. The molecule has 0 aromatic heterocycles. The quantitative estimate of drug-likeness (QED) is 0.819. The molecule has 4 nitrogen and oxygen atoms in total. The third-order valence-electron chi connectivity index (χ3n) is 2.40. The van der Waals surface area contributed by atoms with Crippen LogP contribution in [0, 0.1) is 6.92 Å². The molecule has 0 bridgehead atoms. The largest absolute Gasteiger partial charge is 0.478 e. The highest BCUT2D eigenvalue weighted by Crippen LogP contribution is 2.17. The molecule has 0 saturated carbocycles. The van der Waals surface area contributed by atoms with E-state index in [1.165, 1.54) is 6.92 Å². The van der Waals surface area contributed by atoms with Crippen LogP contribution in [0.5, 0.6) is 0 Å². The van der Waals surface area contributed by atoms with Crippen molar-refractivity contribution in [1.29, 1.82) is 0 Å². The fourth-order valence-corrected chi connectivity index (χ4v) is 1.58. The molecule has 1 atom stereocenters. The Kier molecular flexibility index (Phi) is 3.66. The molecule has 16 heavy (non-hydrogen) atoms. The average Bonchev–Trinajstić information content (AvgIpc) is 2.15. The Morgan fingerprint density at radius 1 is 1.38 bits per heavy atom. The lowest BCUT2D eigenvalue weighted by atomic mass is 10.0. The van der Waals surface area contributed by atoms with Crippen LogP contribution in [0.2, 0.25) is 0 Å². The number of aryl methyl sites for hydroxylation is 1. The summed E-state index contributed by atoms with van der Waals surface area (Å²) >= 11 is 0. The highest BCUT2D eigenvalue weighted by atomic mass is 16.4. The van der Waals surface area contributed by atoms with E-state index in [0.717, 1.165) is 5.56 Å². The fourth-order valence-electron chi connectivity index (χ4n) is 1.58. The molecule has 0 radical (unpaired) electrons. The SMILES string of the molecule is CC(=O)N[C@H](C)c1ccc(C(=O)O)c(C)c1. The van der Waals surface area contributed by atoms with Crippen LogP contribution in [0.3, 0.4) is 0 Å². The van der Waals surface area contributed by atoms with E-state index in [2.05, 4.69) is 5.32 Å². The first kappa shape index (κ1) is 12.2. The molecule has 0 saturated heterocycles. The van der Waals surface area contributed by atoms with Crippen molar-refractivity contribution in [2.75, 3.05) is 0 Å². The first-order chi connectivity index (χ1) is 7.41. The van der Waals surface area contributed by atoms with Gasteiger partial charge in [0.1, 0.15) is 0 Å². The molecule has 1 aromatic rings. The number of carboxylic acid groups (broad SMARTS) is 1. The average molecular weight is 221 g/mol. The summed E-state index contributed by atoms with van der Waals surface area (Å²) in [5, 5.41) is 11.6. The van der Waals surface area contributed by atoms with Gasteiger partial charge in [-0.1, -0.05) is 12.1 Å². The molecule has 1 aromatic carbocycles. The van der Waals surface area contributed by atoms with E-state index in [1.807, 2.05) is 6.92 Å². The first-order valence-electron chi connectivity index (χ1n) is 5.02. The number of aromatic carboxylic acids is 1. The summed E-state index contributed by atoms with van der Waals surface area (Å²) in [6.45, 7) is 5.05. The van der Waals surface area contributed by atoms with E-state index >= 15 is 0 Å². The smallest absolute Gasteiger partial charge is 0.335 e. The molecule has 1 rings (SSSR count). The summed E-state index contributed by atoms with van der Waals surface area (Å²) in [5.41, 5.74) is 1.89. The van der Waals surface area contributed by atoms with Crippen molar-refractivity contribution in [3.05, 3.63) is 34.9 Å². The zero-order valence-corrected chi connectivity index (χ0v) is 9.57. The number of carbonyl (C=O) groups excluding carboxylic acids is 1. The molecule has 2 N–H and O–H groups in total. The van der Waals surface area contributed by atoms with Crippen LogP contribution in [0.15, 0.2) is 18.2 Å². The second-order valence-electron chi connectivity index (χ2n) is 3.80. The van der Waals surface area contributed by atoms with Crippen LogP contribution in [0.1, 0.15) is 41.4 Å². The highest BCUT2D eigenvalue weighted by Gasteiger charge is 2.11. The third kappa shape index (κ3) is 2.82. The summed E-state index contributed by atoms with van der Waals surface area (Å²) < 4.78 is 0. The Morgan fingerprint density at radius 3 is 2.44 bits per heavy atom. The normalized spacial score (nSPS) is 11.9. The van der Waals surface area contributed by atoms with Crippen molar-refractivity contribution in [2.45, 2.75) is 26.8 Å². The predicted molar refractivity (Wildman–Crippen MR) is 60.4 cm³/mol. The first-order valence-corrected chi connectivity index (χ1v) is 5.02. The number of amides is 1. The zero-order chi connectivity index (χ0) is 12.3. The van der Waals surface area contributed by atoms with Gasteiger partial charge in [-0.3, -0.25) is 4.79 Å². The number of hydrogen-bond donors (Lipinski definition) is 2. The van der Waals surface area contributed by atoms with E-state index < -0.39 is 5.97 Å². The molecule has 0 spiro atoms. The van der Waals surface area contributed by atoms with Gasteiger partial charge in [0.2, 0.25) is 5.91 Å². The van der Waals surface area contributed by atoms with E-state index in [9.17, 15) is 9.59 Å². The lowest BCUT2D eigenvalue weighted by Crippen LogP contribution is -2.23. The van der Waals surface area contributed by atoms with Crippen LogP contribution in [0.25, 0.3) is 0 Å². The number of carboxylic acids is 1. The molecular weight excluding hydrogens is 206 g/mol. The minimum atomic E-state index is -0.934. The summed E-state index contributed by atoms with van der Waals surface area (Å²) in [4.78, 5) is 21.7. The van der Waals surface area contributed by atoms with Crippen LogP contribution < -0.4 is 5.32 Å². The molecular formula is C12H15NO3. The summed E-state index contributed by atoms with van der Waals surface area (Å²) in [5.74, 6) is -1.04. The van der Waals surface area contributed by atoms with Crippen LogP contribution in [-0.2, 0) is 4.79 Å². The Labute approximate surface area is 94.3 Å². The van der Waals surface area contributed by atoms with Crippen molar-refractivity contribution >= 4 is 11.9 Å². The maximum Gasteiger partial charge on any atom is 0.335 e. The number of benzene rings is 1. The molecule has 86 valence electrons. The third-order valence-corrected chi connectivity index (χ3v) is 2.40. The summed E-state index contributed by atoms with van der Waals surface area (Å²) in [6, 6.07) is 4.95. The van der Waals surface area contributed by atoms with Gasteiger partial charge in [0, 0.05) is 6.92 Å². The molecule has 0 aliphatic rings. The number of carbonyl (C=O) groups is 2. The monoisotopic (exact) mass is 221 g/mol. The lowest BCUT2D eigenvalue weighted by molar-refractivity contribution is -0.119. The lowest BCUT2D eigenvalue weighted by Gasteiger charge is -2.14. The van der Waals surface area contributed by atoms with Crippen molar-refractivity contribution in [3.8, 4) is 0 Å². The topological polar surface area (TPSA) is 66.4 Å². The maximum absolute atomic E-state index is 10.9. The minimum absolute atomic E-state index is 0.104. The van der Waals surface area contributed by atoms with Crippen LogP contribution in [0.4, 0.5) is 0 Å². The molecule has 4 heteroatoms. The number of rotatable bonds is 3. The van der Waals surface area contributed by atoms with Gasteiger partial charge in [-0.15, -0.1) is 0 Å². The van der Waals surface area contributed by atoms with Gasteiger partial charge >= 0.3 is 5.97 Å². The maximum atomic E-state index is 10.9. The van der Waals surface area contributed by atoms with E-state index in [1.54, 1.807) is 25.1 Å². The highest BCUT2D eigenvalue weighted by molar-refractivity contribution is 5.89. The Hall–Kier alpha value is -1.84. The van der Waals surface area contributed by atoms with Crippen molar-refractivity contribution in [1.82, 2.24) is 5.32 Å². The second kappa shape index (κ2) is 4.79. The van der Waals surface area contributed by atoms with Gasteiger partial charge in [0.05, 0.1) is 11.6 Å². The number of nitrogens with one attached hydrogen (secondary N) is 1. The van der Waals surface area contributed by atoms with Gasteiger partial charge in [-0.2, -0.15) is 0 Å². The van der Waals surface area contributed by atoms with Gasteiger partial charge in [0.15, 0.2) is 0 Å². The molecule has 0 unspecified atom stereocenters. The molecule has 0 fully saturated rings. The zero-order valence-electron chi connectivity index (χ0n) is 9.57. The van der Waals surface area contributed by atoms with Crippen molar-refractivity contribution in [2.24, 2.45) is 0 Å². The Bertz CT molecular complexity index is 426. The van der Waals surface area contributed by atoms with Gasteiger partial charge in [-0.05, 0) is 31.0 Å². The van der Waals surface area contributed by atoms with Crippen LogP contribution in [-0.4, -0.2) is 17.0 Å². The van der Waals surface area contributed by atoms with E-state index in [0.29, 0.717) is 11.1 Å².